The lowest BCUT2D eigenvalue weighted by Gasteiger charge is -2.33. The van der Waals surface area contributed by atoms with E-state index in [0.717, 1.165) is 54.0 Å². The third-order valence-electron chi connectivity index (χ3n) is 7.40. The predicted molar refractivity (Wildman–Crippen MR) is 135 cm³/mol. The molecule has 0 N–H and O–H groups in total. The average molecular weight is 508 g/mol. The van der Waals surface area contributed by atoms with Crippen molar-refractivity contribution in [3.05, 3.63) is 53.5 Å². The van der Waals surface area contributed by atoms with E-state index in [9.17, 15) is 13.2 Å². The van der Waals surface area contributed by atoms with Gasteiger partial charge >= 0.3 is 0 Å². The molecule has 0 atom stereocenters. The van der Waals surface area contributed by atoms with E-state index in [0.29, 0.717) is 26.3 Å². The number of fused-ring (bicyclic) bond motifs is 2. The molecule has 9 nitrogen and oxygen atoms in total. The molecule has 3 aliphatic rings. The van der Waals surface area contributed by atoms with Crippen molar-refractivity contribution in [3.8, 4) is 11.1 Å². The number of benzene rings is 1. The summed E-state index contributed by atoms with van der Waals surface area (Å²) in [6.45, 7) is 5.10. The molecule has 0 bridgehead atoms. The maximum absolute atomic E-state index is 12.2. The minimum atomic E-state index is -3.34. The molecular formula is C26H29N5O4S. The van der Waals surface area contributed by atoms with Gasteiger partial charge in [-0.2, -0.15) is 5.10 Å². The number of hydrogen-bond acceptors (Lipinski definition) is 7. The fourth-order valence-electron chi connectivity index (χ4n) is 5.36. The highest BCUT2D eigenvalue weighted by atomic mass is 32.2. The number of sulfone groups is 1. The number of ether oxygens (including phenoxy) is 1. The van der Waals surface area contributed by atoms with Crippen LogP contribution in [0.3, 0.4) is 0 Å². The molecule has 0 spiro atoms. The summed E-state index contributed by atoms with van der Waals surface area (Å²) in [5.41, 5.74) is 6.36. The summed E-state index contributed by atoms with van der Waals surface area (Å²) >= 11 is 0. The summed E-state index contributed by atoms with van der Waals surface area (Å²) < 4.78 is 31.6. The number of anilines is 2. The topological polar surface area (TPSA) is 97.6 Å². The van der Waals surface area contributed by atoms with Crippen molar-refractivity contribution in [1.29, 1.82) is 0 Å². The first-order valence-corrected chi connectivity index (χ1v) is 14.2. The van der Waals surface area contributed by atoms with Gasteiger partial charge in [0.2, 0.25) is 5.91 Å². The van der Waals surface area contributed by atoms with Crippen LogP contribution in [0.2, 0.25) is 0 Å². The maximum Gasteiger partial charge on any atom is 0.219 e. The van der Waals surface area contributed by atoms with E-state index in [1.165, 1.54) is 23.7 Å². The third kappa shape index (κ3) is 3.98. The van der Waals surface area contributed by atoms with Crippen LogP contribution in [0.25, 0.3) is 11.1 Å². The van der Waals surface area contributed by atoms with Gasteiger partial charge < -0.3 is 14.5 Å². The van der Waals surface area contributed by atoms with Gasteiger partial charge in [0.25, 0.3) is 0 Å². The molecule has 10 heteroatoms. The van der Waals surface area contributed by atoms with Crippen LogP contribution in [-0.4, -0.2) is 66.5 Å². The molecule has 1 aromatic carbocycles. The molecule has 3 aromatic rings. The largest absolute Gasteiger partial charge is 0.377 e. The molecule has 3 aliphatic heterocycles. The number of carbonyl (C=O) groups is 1. The fraction of sp³-hybridized carbons (Fsp3) is 0.423. The van der Waals surface area contributed by atoms with Gasteiger partial charge in [0.05, 0.1) is 30.7 Å². The number of rotatable bonds is 4. The van der Waals surface area contributed by atoms with Gasteiger partial charge in [0.1, 0.15) is 0 Å². The van der Waals surface area contributed by atoms with Crippen molar-refractivity contribution >= 4 is 27.2 Å². The number of amides is 1. The summed E-state index contributed by atoms with van der Waals surface area (Å²) in [6, 6.07) is 8.18. The average Bonchev–Trinajstić information content (AvgIpc) is 3.20. The van der Waals surface area contributed by atoms with E-state index in [1.54, 1.807) is 19.2 Å². The van der Waals surface area contributed by atoms with Crippen LogP contribution >= 0.6 is 0 Å². The predicted octanol–water partition coefficient (Wildman–Crippen LogP) is 2.91. The first kappa shape index (κ1) is 23.2. The Hall–Kier alpha value is -3.24. The van der Waals surface area contributed by atoms with Crippen LogP contribution in [0.15, 0.2) is 41.6 Å². The number of hydrogen-bond donors (Lipinski definition) is 0. The van der Waals surface area contributed by atoms with Crippen molar-refractivity contribution in [2.45, 2.75) is 43.7 Å². The second-order valence-electron chi connectivity index (χ2n) is 9.86. The van der Waals surface area contributed by atoms with E-state index in [-0.39, 0.29) is 16.8 Å². The van der Waals surface area contributed by atoms with E-state index < -0.39 is 9.84 Å². The Morgan fingerprint density at radius 1 is 1.08 bits per heavy atom. The molecule has 1 amide bonds. The zero-order valence-electron chi connectivity index (χ0n) is 20.5. The minimum Gasteiger partial charge on any atom is -0.377 e. The molecular weight excluding hydrogens is 478 g/mol. The van der Waals surface area contributed by atoms with Crippen molar-refractivity contribution in [3.63, 3.8) is 0 Å². The fourth-order valence-corrected chi connectivity index (χ4v) is 5.95. The molecule has 36 heavy (non-hydrogen) atoms. The Kier molecular flexibility index (Phi) is 5.60. The van der Waals surface area contributed by atoms with Crippen LogP contribution in [-0.2, 0) is 38.8 Å². The van der Waals surface area contributed by atoms with Crippen molar-refractivity contribution in [2.24, 2.45) is 0 Å². The van der Waals surface area contributed by atoms with Gasteiger partial charge in [-0.3, -0.25) is 14.5 Å². The van der Waals surface area contributed by atoms with E-state index in [4.69, 9.17) is 9.84 Å². The lowest BCUT2D eigenvalue weighted by atomic mass is 9.96. The quantitative estimate of drug-likeness (QED) is 0.536. The zero-order chi connectivity index (χ0) is 25.0. The van der Waals surface area contributed by atoms with E-state index in [2.05, 4.69) is 26.7 Å². The smallest absolute Gasteiger partial charge is 0.219 e. The summed E-state index contributed by atoms with van der Waals surface area (Å²) in [5.74, 6) is 1.01. The molecule has 0 radical (unpaired) electrons. The number of pyridine rings is 1. The molecule has 1 fully saturated rings. The second kappa shape index (κ2) is 8.70. The molecule has 2 aromatic heterocycles. The lowest BCUT2D eigenvalue weighted by Crippen LogP contribution is -2.37. The second-order valence-corrected chi connectivity index (χ2v) is 11.9. The molecule has 6 rings (SSSR count). The van der Waals surface area contributed by atoms with Crippen molar-refractivity contribution in [2.75, 3.05) is 37.5 Å². The van der Waals surface area contributed by atoms with Crippen LogP contribution < -0.4 is 4.90 Å². The molecule has 5 heterocycles. The van der Waals surface area contributed by atoms with Gasteiger partial charge in [-0.25, -0.2) is 8.42 Å². The molecule has 0 aliphatic carbocycles. The van der Waals surface area contributed by atoms with Gasteiger partial charge in [-0.1, -0.05) is 6.07 Å². The lowest BCUT2D eigenvalue weighted by molar-refractivity contribution is -0.129. The van der Waals surface area contributed by atoms with Gasteiger partial charge in [0.15, 0.2) is 15.7 Å². The number of nitrogens with zero attached hydrogens (tertiary/aromatic N) is 5. The molecule has 1 saturated heterocycles. The monoisotopic (exact) mass is 507 g/mol. The number of aryl methyl sites for hydroxylation is 1. The normalized spacial score (nSPS) is 17.9. The van der Waals surface area contributed by atoms with Crippen LogP contribution in [0.1, 0.15) is 36.2 Å². The van der Waals surface area contributed by atoms with Gasteiger partial charge in [-0.05, 0) is 42.2 Å². The SMILES string of the molecule is CC(=O)N1CCc2c(c(N3CCCc4cc(-c5cncc(S(C)(=O)=O)c5)ccc43)nn2C2COC2)C1. The van der Waals surface area contributed by atoms with Crippen LogP contribution in [0, 0.1) is 0 Å². The molecule has 0 unspecified atom stereocenters. The Morgan fingerprint density at radius 2 is 1.92 bits per heavy atom. The highest BCUT2D eigenvalue weighted by molar-refractivity contribution is 7.90. The van der Waals surface area contributed by atoms with Crippen LogP contribution in [0.5, 0.6) is 0 Å². The highest BCUT2D eigenvalue weighted by Gasteiger charge is 2.34. The molecule has 188 valence electrons. The summed E-state index contributed by atoms with van der Waals surface area (Å²) in [4.78, 5) is 20.7. The van der Waals surface area contributed by atoms with E-state index in [1.807, 2.05) is 11.0 Å². The summed E-state index contributed by atoms with van der Waals surface area (Å²) in [7, 11) is -3.34. The molecule has 0 saturated carbocycles. The summed E-state index contributed by atoms with van der Waals surface area (Å²) in [5, 5.41) is 5.10. The Balaban J connectivity index is 1.40. The van der Waals surface area contributed by atoms with Gasteiger partial charge in [0, 0.05) is 67.6 Å². The third-order valence-corrected chi connectivity index (χ3v) is 8.48. The van der Waals surface area contributed by atoms with Crippen molar-refractivity contribution < 1.29 is 17.9 Å². The Labute approximate surface area is 210 Å². The van der Waals surface area contributed by atoms with E-state index >= 15 is 0 Å². The minimum absolute atomic E-state index is 0.0833. The first-order chi connectivity index (χ1) is 17.3. The first-order valence-electron chi connectivity index (χ1n) is 12.3. The number of carbonyl (C=O) groups excluding carboxylic acids is 1. The highest BCUT2D eigenvalue weighted by Crippen LogP contribution is 2.40. The van der Waals surface area contributed by atoms with Crippen LogP contribution in [0.4, 0.5) is 11.5 Å². The van der Waals surface area contributed by atoms with Crippen molar-refractivity contribution in [1.82, 2.24) is 19.7 Å². The Morgan fingerprint density at radius 3 is 2.64 bits per heavy atom. The Bertz CT molecular complexity index is 1460. The maximum atomic E-state index is 12.2. The zero-order valence-corrected chi connectivity index (χ0v) is 21.3. The standard InChI is InChI=1S/C26H29N5O4S/c1-17(32)29-9-7-25-23(14-29)26(28-31(25)21-15-35-16-21)30-8-3-4-19-10-18(5-6-24(19)30)20-11-22(13-27-12-20)36(2,33)34/h5-6,10-13,21H,3-4,7-9,14-16H2,1-2H3. The number of aromatic nitrogens is 3. The van der Waals surface area contributed by atoms with Gasteiger partial charge in [-0.15, -0.1) is 0 Å². The summed E-state index contributed by atoms with van der Waals surface area (Å²) in [6.07, 6.45) is 6.98.